The van der Waals surface area contributed by atoms with E-state index >= 15 is 0 Å². The number of pyridine rings is 1. The van der Waals surface area contributed by atoms with Gasteiger partial charge in [0.2, 0.25) is 0 Å². The first-order chi connectivity index (χ1) is 15.2. The van der Waals surface area contributed by atoms with E-state index in [-0.39, 0.29) is 11.6 Å². The first-order valence-electron chi connectivity index (χ1n) is 11.2. The van der Waals surface area contributed by atoms with Gasteiger partial charge in [-0.3, -0.25) is 4.98 Å². The Hall–Kier alpha value is -2.31. The summed E-state index contributed by atoms with van der Waals surface area (Å²) in [5, 5.41) is 10.3. The zero-order chi connectivity index (χ0) is 23.2. The molecule has 5 heteroatoms. The summed E-state index contributed by atoms with van der Waals surface area (Å²) in [4.78, 5) is 4.31. The zero-order valence-corrected chi connectivity index (χ0v) is 20.8. The van der Waals surface area contributed by atoms with Crippen molar-refractivity contribution in [2.75, 3.05) is 6.61 Å². The van der Waals surface area contributed by atoms with Crippen LogP contribution in [0.2, 0.25) is 18.1 Å². The summed E-state index contributed by atoms with van der Waals surface area (Å²) in [6.07, 6.45) is 3.21. The van der Waals surface area contributed by atoms with Gasteiger partial charge in [0.15, 0.2) is 8.32 Å². The molecule has 0 spiro atoms. The number of aromatic nitrogens is 1. The van der Waals surface area contributed by atoms with Gasteiger partial charge in [0.05, 0.1) is 19.8 Å². The summed E-state index contributed by atoms with van der Waals surface area (Å²) in [5.74, 6) is 0. The smallest absolute Gasteiger partial charge is 0.192 e. The van der Waals surface area contributed by atoms with Crippen LogP contribution in [0.15, 0.2) is 73.1 Å². The third-order valence-corrected chi connectivity index (χ3v) is 10.9. The topological polar surface area (TPSA) is 51.6 Å². The van der Waals surface area contributed by atoms with Gasteiger partial charge < -0.3 is 14.3 Å². The van der Waals surface area contributed by atoms with Crippen LogP contribution in [0.1, 0.15) is 43.6 Å². The molecule has 170 valence electrons. The van der Waals surface area contributed by atoms with Gasteiger partial charge in [-0.15, -0.1) is 0 Å². The highest BCUT2D eigenvalue weighted by molar-refractivity contribution is 6.74. The maximum atomic E-state index is 10.2. The van der Waals surface area contributed by atoms with Crippen LogP contribution < -0.4 is 0 Å². The second kappa shape index (κ2) is 10.5. The Bertz CT molecular complexity index is 985. The van der Waals surface area contributed by atoms with E-state index in [1.807, 2.05) is 54.7 Å². The summed E-state index contributed by atoms with van der Waals surface area (Å²) in [5.41, 5.74) is 5.19. The van der Waals surface area contributed by atoms with Gasteiger partial charge in [-0.2, -0.15) is 0 Å². The summed E-state index contributed by atoms with van der Waals surface area (Å²) in [6, 6.07) is 20.2. The highest BCUT2D eigenvalue weighted by Gasteiger charge is 2.37. The Balaban J connectivity index is 1.96. The summed E-state index contributed by atoms with van der Waals surface area (Å²) >= 11 is 0. The Labute approximate surface area is 193 Å². The van der Waals surface area contributed by atoms with Crippen LogP contribution >= 0.6 is 0 Å². The van der Waals surface area contributed by atoms with Gasteiger partial charge in [-0.1, -0.05) is 75.4 Å². The van der Waals surface area contributed by atoms with E-state index in [1.54, 1.807) is 6.20 Å². The van der Waals surface area contributed by atoms with Gasteiger partial charge in [0.25, 0.3) is 0 Å². The molecule has 1 N–H and O–H groups in total. The van der Waals surface area contributed by atoms with Crippen LogP contribution in [0.4, 0.5) is 0 Å². The number of benzene rings is 2. The second-order valence-corrected chi connectivity index (χ2v) is 14.4. The Morgan fingerprint density at radius 3 is 2.31 bits per heavy atom. The quantitative estimate of drug-likeness (QED) is 0.378. The number of ether oxygens (including phenoxy) is 1. The van der Waals surface area contributed by atoms with Crippen LogP contribution in [-0.4, -0.2) is 25.0 Å². The molecule has 32 heavy (non-hydrogen) atoms. The van der Waals surface area contributed by atoms with Gasteiger partial charge in [-0.25, -0.2) is 0 Å². The highest BCUT2D eigenvalue weighted by Crippen LogP contribution is 2.39. The van der Waals surface area contributed by atoms with Crippen LogP contribution in [0.25, 0.3) is 11.1 Å². The molecule has 1 heterocycles. The molecule has 3 aromatic rings. The van der Waals surface area contributed by atoms with E-state index in [1.165, 1.54) is 0 Å². The largest absolute Gasteiger partial charge is 0.413 e. The number of rotatable bonds is 9. The Morgan fingerprint density at radius 2 is 1.69 bits per heavy atom. The minimum absolute atomic E-state index is 0.101. The lowest BCUT2D eigenvalue weighted by atomic mass is 9.94. The standard InChI is InChI=1S/C27H35NO3Si/c1-27(2,3)32(4,5)31-20-25-23(22-13-10-16-28-17-22)14-9-15-24(25)26(18-29)30-19-21-11-7-6-8-12-21/h6-17,26,29H,18-20H2,1-5H3/t26-/m1/s1. The molecule has 0 unspecified atom stereocenters. The molecule has 0 aliphatic carbocycles. The molecule has 1 atom stereocenters. The Morgan fingerprint density at radius 1 is 0.938 bits per heavy atom. The molecular formula is C27H35NO3Si. The lowest BCUT2D eigenvalue weighted by Crippen LogP contribution is -2.40. The molecule has 0 fully saturated rings. The fourth-order valence-corrected chi connectivity index (χ4v) is 4.28. The lowest BCUT2D eigenvalue weighted by molar-refractivity contribution is 0.000140. The van der Waals surface area contributed by atoms with Gasteiger partial charge >= 0.3 is 0 Å². The molecule has 0 amide bonds. The third kappa shape index (κ3) is 5.93. The molecule has 0 radical (unpaired) electrons. The SMILES string of the molecule is CC(C)(C)[Si](C)(C)OCc1c(-c2cccnc2)cccc1[C@@H](CO)OCc1ccccc1. The molecule has 0 saturated carbocycles. The maximum absolute atomic E-state index is 10.2. The second-order valence-electron chi connectivity index (χ2n) is 9.63. The summed E-state index contributed by atoms with van der Waals surface area (Å²) in [7, 11) is -1.97. The van der Waals surface area contributed by atoms with E-state index in [9.17, 15) is 5.11 Å². The van der Waals surface area contributed by atoms with Gasteiger partial charge in [-0.05, 0) is 46.5 Å². The van der Waals surface area contributed by atoms with Crippen molar-refractivity contribution in [3.8, 4) is 11.1 Å². The van der Waals surface area contributed by atoms with Crippen LogP contribution in [0.3, 0.4) is 0 Å². The lowest BCUT2D eigenvalue weighted by Gasteiger charge is -2.36. The maximum Gasteiger partial charge on any atom is 0.192 e. The zero-order valence-electron chi connectivity index (χ0n) is 19.8. The average molecular weight is 450 g/mol. The minimum Gasteiger partial charge on any atom is -0.413 e. The number of aliphatic hydroxyl groups excluding tert-OH is 1. The fraction of sp³-hybridized carbons (Fsp3) is 0.370. The van der Waals surface area contributed by atoms with Crippen LogP contribution in [0.5, 0.6) is 0 Å². The minimum atomic E-state index is -1.97. The Kier molecular flexibility index (Phi) is 8.01. The predicted octanol–water partition coefficient (Wildman–Crippen LogP) is 6.52. The normalized spacial score (nSPS) is 13.2. The van der Waals surface area contributed by atoms with Crippen LogP contribution in [-0.2, 0) is 22.4 Å². The third-order valence-electron chi connectivity index (χ3n) is 6.38. The summed E-state index contributed by atoms with van der Waals surface area (Å²) < 4.78 is 12.8. The van der Waals surface area contributed by atoms with Gasteiger partial charge in [0, 0.05) is 18.0 Å². The molecule has 0 saturated heterocycles. The van der Waals surface area contributed by atoms with Crippen molar-refractivity contribution in [1.29, 1.82) is 0 Å². The molecule has 2 aromatic carbocycles. The molecular weight excluding hydrogens is 414 g/mol. The number of hydrogen-bond donors (Lipinski definition) is 1. The molecule has 1 aromatic heterocycles. The van der Waals surface area contributed by atoms with E-state index in [2.05, 4.69) is 51.0 Å². The summed E-state index contributed by atoms with van der Waals surface area (Å²) in [6.45, 7) is 12.1. The van der Waals surface area contributed by atoms with Crippen molar-refractivity contribution in [3.63, 3.8) is 0 Å². The van der Waals surface area contributed by atoms with Crippen molar-refractivity contribution >= 4 is 8.32 Å². The van der Waals surface area contributed by atoms with Crippen LogP contribution in [0, 0.1) is 0 Å². The molecule has 0 aliphatic rings. The van der Waals surface area contributed by atoms with Gasteiger partial charge in [0.1, 0.15) is 6.10 Å². The molecule has 4 nitrogen and oxygen atoms in total. The number of aliphatic hydroxyl groups is 1. The van der Waals surface area contributed by atoms with Crippen molar-refractivity contribution in [1.82, 2.24) is 4.98 Å². The monoisotopic (exact) mass is 449 g/mol. The first-order valence-corrected chi connectivity index (χ1v) is 14.1. The fourth-order valence-electron chi connectivity index (χ4n) is 3.34. The van der Waals surface area contributed by atoms with Crippen molar-refractivity contribution in [2.24, 2.45) is 0 Å². The van der Waals surface area contributed by atoms with E-state index < -0.39 is 14.4 Å². The number of hydrogen-bond acceptors (Lipinski definition) is 4. The predicted molar refractivity (Wildman–Crippen MR) is 133 cm³/mol. The molecule has 0 aliphatic heterocycles. The first kappa shape index (κ1) is 24.3. The number of nitrogens with zero attached hydrogens (tertiary/aromatic N) is 1. The van der Waals surface area contributed by atoms with E-state index in [4.69, 9.17) is 9.16 Å². The van der Waals surface area contributed by atoms with Crippen molar-refractivity contribution in [3.05, 3.63) is 89.7 Å². The molecule has 3 rings (SSSR count). The molecule has 0 bridgehead atoms. The van der Waals surface area contributed by atoms with E-state index in [0.717, 1.165) is 27.8 Å². The average Bonchev–Trinajstić information content (AvgIpc) is 2.79. The van der Waals surface area contributed by atoms with E-state index in [0.29, 0.717) is 13.2 Å². The van der Waals surface area contributed by atoms with Crippen molar-refractivity contribution in [2.45, 2.75) is 58.2 Å². The van der Waals surface area contributed by atoms with Crippen molar-refractivity contribution < 1.29 is 14.3 Å². The highest BCUT2D eigenvalue weighted by atomic mass is 28.4.